The van der Waals surface area contributed by atoms with Crippen LogP contribution in [0.5, 0.6) is 5.75 Å². The molecule has 4 N–H and O–H groups in total. The number of H-pyrrole nitrogens is 2. The Balaban J connectivity index is 1.36. The van der Waals surface area contributed by atoms with Crippen molar-refractivity contribution in [3.63, 3.8) is 0 Å². The first-order valence-electron chi connectivity index (χ1n) is 13.0. The van der Waals surface area contributed by atoms with Gasteiger partial charge in [-0.05, 0) is 47.7 Å². The Morgan fingerprint density at radius 1 is 0.925 bits per heavy atom. The fraction of sp³-hybridized carbons (Fsp3) is 0.233. The van der Waals surface area contributed by atoms with E-state index in [0.717, 1.165) is 50.4 Å². The van der Waals surface area contributed by atoms with Gasteiger partial charge >= 0.3 is 0 Å². The molecule has 1 atom stereocenters. The number of aromatic amines is 2. The molecule has 0 aliphatic carbocycles. The van der Waals surface area contributed by atoms with Crippen LogP contribution in [-0.4, -0.2) is 53.6 Å². The minimum Gasteiger partial charge on any atom is -0.497 e. The number of methoxy groups -OCH3 is 1. The van der Waals surface area contributed by atoms with Gasteiger partial charge in [0, 0.05) is 23.5 Å². The summed E-state index contributed by atoms with van der Waals surface area (Å²) in [6, 6.07) is 13.6. The third-order valence-electron chi connectivity index (χ3n) is 6.58. The van der Waals surface area contributed by atoms with Crippen molar-refractivity contribution in [1.29, 1.82) is 0 Å². The van der Waals surface area contributed by atoms with E-state index in [1.54, 1.807) is 31.9 Å². The number of nitrogens with one attached hydrogen (secondary N) is 3. The maximum atomic E-state index is 10.5. The summed E-state index contributed by atoms with van der Waals surface area (Å²) in [5.74, 6) is 1.35. The molecule has 10 nitrogen and oxygen atoms in total. The summed E-state index contributed by atoms with van der Waals surface area (Å²) in [4.78, 5) is 22.0. The molecule has 0 fully saturated rings. The maximum Gasteiger partial charge on any atom is 0.161 e. The Kier molecular flexibility index (Phi) is 6.39. The summed E-state index contributed by atoms with van der Waals surface area (Å²) < 4.78 is 5.40. The van der Waals surface area contributed by atoms with Gasteiger partial charge in [0.15, 0.2) is 11.5 Å². The number of ether oxygens (including phenoxy) is 1. The number of benzene rings is 1. The molecule has 0 saturated carbocycles. The molecule has 1 aromatic carbocycles. The van der Waals surface area contributed by atoms with E-state index in [4.69, 9.17) is 14.7 Å². The zero-order chi connectivity index (χ0) is 27.9. The molecule has 40 heavy (non-hydrogen) atoms. The molecule has 1 unspecified atom stereocenters. The Hall–Kier alpha value is -4.83. The highest BCUT2D eigenvalue weighted by molar-refractivity contribution is 5.96. The van der Waals surface area contributed by atoms with E-state index < -0.39 is 6.23 Å². The minimum absolute atomic E-state index is 0.0107. The number of hydrogen-bond acceptors (Lipinski definition) is 8. The largest absolute Gasteiger partial charge is 0.497 e. The highest BCUT2D eigenvalue weighted by Gasteiger charge is 2.19. The van der Waals surface area contributed by atoms with E-state index in [0.29, 0.717) is 23.5 Å². The highest BCUT2D eigenvalue weighted by atomic mass is 16.5. The van der Waals surface area contributed by atoms with Crippen molar-refractivity contribution in [2.45, 2.75) is 33.4 Å². The van der Waals surface area contributed by atoms with E-state index in [9.17, 15) is 5.11 Å². The Morgan fingerprint density at radius 2 is 1.77 bits per heavy atom. The van der Waals surface area contributed by atoms with Crippen LogP contribution in [0.25, 0.3) is 56.0 Å². The smallest absolute Gasteiger partial charge is 0.161 e. The third-order valence-corrected chi connectivity index (χ3v) is 6.58. The van der Waals surface area contributed by atoms with Gasteiger partial charge in [-0.3, -0.25) is 15.1 Å². The molecule has 5 aromatic heterocycles. The highest BCUT2D eigenvalue weighted by Crippen LogP contribution is 2.32. The van der Waals surface area contributed by atoms with Crippen LogP contribution in [0.15, 0.2) is 67.3 Å². The molecule has 202 valence electrons. The molecule has 0 radical (unpaired) electrons. The SMILES string of the molecule is COc1cccc(-c2cncc3[nH]c(-c4n[nH]c5ccc(-c6cncc(NC(O)CC(C)(C)C)c6)nc45)nc23)c1. The fourth-order valence-corrected chi connectivity index (χ4v) is 4.75. The Morgan fingerprint density at radius 3 is 2.60 bits per heavy atom. The fourth-order valence-electron chi connectivity index (χ4n) is 4.75. The zero-order valence-corrected chi connectivity index (χ0v) is 22.7. The summed E-state index contributed by atoms with van der Waals surface area (Å²) in [6.45, 7) is 6.27. The van der Waals surface area contributed by atoms with Crippen molar-refractivity contribution >= 4 is 27.8 Å². The van der Waals surface area contributed by atoms with Crippen LogP contribution < -0.4 is 10.1 Å². The number of fused-ring (bicyclic) bond motifs is 2. The van der Waals surface area contributed by atoms with Gasteiger partial charge in [0.2, 0.25) is 0 Å². The van der Waals surface area contributed by atoms with Crippen LogP contribution in [-0.2, 0) is 0 Å². The van der Waals surface area contributed by atoms with E-state index in [-0.39, 0.29) is 5.41 Å². The number of aliphatic hydroxyl groups excluding tert-OH is 1. The molecule has 6 rings (SSSR count). The number of aromatic nitrogens is 7. The predicted molar refractivity (Wildman–Crippen MR) is 156 cm³/mol. The lowest BCUT2D eigenvalue weighted by Gasteiger charge is -2.23. The molecule has 0 aliphatic heterocycles. The van der Waals surface area contributed by atoms with Crippen LogP contribution in [0.4, 0.5) is 5.69 Å². The summed E-state index contributed by atoms with van der Waals surface area (Å²) in [5, 5.41) is 21.2. The second-order valence-electron chi connectivity index (χ2n) is 11.0. The van der Waals surface area contributed by atoms with Crippen LogP contribution in [0.3, 0.4) is 0 Å². The molecule has 10 heteroatoms. The first kappa shape index (κ1) is 25.4. The van der Waals surface area contributed by atoms with E-state index >= 15 is 0 Å². The van der Waals surface area contributed by atoms with Crippen LogP contribution in [0.1, 0.15) is 27.2 Å². The second kappa shape index (κ2) is 10.0. The minimum atomic E-state index is -0.683. The van der Waals surface area contributed by atoms with E-state index in [1.807, 2.05) is 42.5 Å². The zero-order valence-electron chi connectivity index (χ0n) is 22.7. The lowest BCUT2D eigenvalue weighted by atomic mass is 9.91. The van der Waals surface area contributed by atoms with Gasteiger partial charge in [0.25, 0.3) is 0 Å². The molecule has 0 amide bonds. The number of anilines is 1. The van der Waals surface area contributed by atoms with E-state index in [2.05, 4.69) is 51.2 Å². The second-order valence-corrected chi connectivity index (χ2v) is 11.0. The number of rotatable bonds is 7. The van der Waals surface area contributed by atoms with Gasteiger partial charge in [-0.25, -0.2) is 9.97 Å². The maximum absolute atomic E-state index is 10.5. The lowest BCUT2D eigenvalue weighted by Crippen LogP contribution is -2.25. The summed E-state index contributed by atoms with van der Waals surface area (Å²) in [5.41, 5.74) is 7.73. The standard InChI is InChI=1S/C30H30N8O2/c1-30(2,3)12-25(39)33-19-10-18(13-31-14-19)22-8-9-23-27(34-22)28(38-37-23)29-35-24-16-32-15-21(26(24)36-29)17-6-5-7-20(11-17)40-4/h5-11,13-16,25,33,39H,12H2,1-4H3,(H,35,36)(H,37,38). The number of aliphatic hydroxyl groups is 1. The van der Waals surface area contributed by atoms with Crippen LogP contribution >= 0.6 is 0 Å². The van der Waals surface area contributed by atoms with Crippen molar-refractivity contribution in [2.75, 3.05) is 12.4 Å². The van der Waals surface area contributed by atoms with Gasteiger partial charge in [-0.15, -0.1) is 0 Å². The Labute approximate surface area is 230 Å². The summed E-state index contributed by atoms with van der Waals surface area (Å²) >= 11 is 0. The van der Waals surface area contributed by atoms with Gasteiger partial charge in [0.1, 0.15) is 17.5 Å². The summed E-state index contributed by atoms with van der Waals surface area (Å²) in [7, 11) is 1.65. The van der Waals surface area contributed by atoms with Gasteiger partial charge in [0.05, 0.1) is 47.4 Å². The van der Waals surface area contributed by atoms with E-state index in [1.165, 1.54) is 0 Å². The van der Waals surface area contributed by atoms with Crippen molar-refractivity contribution in [1.82, 2.24) is 35.1 Å². The van der Waals surface area contributed by atoms with Gasteiger partial charge in [-0.2, -0.15) is 5.10 Å². The molecular formula is C30H30N8O2. The molecular weight excluding hydrogens is 504 g/mol. The van der Waals surface area contributed by atoms with Crippen LogP contribution in [0.2, 0.25) is 0 Å². The number of imidazole rings is 1. The third kappa shape index (κ3) is 5.08. The molecule has 5 heterocycles. The molecule has 6 aromatic rings. The number of hydrogen-bond donors (Lipinski definition) is 4. The quantitative estimate of drug-likeness (QED) is 0.189. The topological polar surface area (TPSA) is 138 Å². The van der Waals surface area contributed by atoms with Gasteiger partial charge in [-0.1, -0.05) is 32.9 Å². The first-order chi connectivity index (χ1) is 19.3. The number of pyridine rings is 3. The Bertz CT molecular complexity index is 1820. The van der Waals surface area contributed by atoms with Crippen molar-refractivity contribution < 1.29 is 9.84 Å². The predicted octanol–water partition coefficient (Wildman–Crippen LogP) is 5.80. The lowest BCUT2D eigenvalue weighted by molar-refractivity contribution is 0.145. The number of nitrogens with zero attached hydrogens (tertiary/aromatic N) is 5. The molecule has 0 saturated heterocycles. The average Bonchev–Trinajstić information content (AvgIpc) is 3.55. The van der Waals surface area contributed by atoms with Crippen molar-refractivity contribution in [3.8, 4) is 39.7 Å². The first-order valence-corrected chi connectivity index (χ1v) is 13.0. The molecule has 0 aliphatic rings. The van der Waals surface area contributed by atoms with Crippen molar-refractivity contribution in [3.05, 3.63) is 67.3 Å². The molecule has 0 spiro atoms. The average molecular weight is 535 g/mol. The normalized spacial score (nSPS) is 12.6. The van der Waals surface area contributed by atoms with Crippen molar-refractivity contribution in [2.24, 2.45) is 5.41 Å². The molecule has 0 bridgehead atoms. The van der Waals surface area contributed by atoms with Crippen LogP contribution in [0, 0.1) is 5.41 Å². The summed E-state index contributed by atoms with van der Waals surface area (Å²) in [6.07, 6.45) is 6.92. The monoisotopic (exact) mass is 534 g/mol. The van der Waals surface area contributed by atoms with Gasteiger partial charge < -0.3 is 20.1 Å².